The largest absolute Gasteiger partial charge is 0.332 e. The fourth-order valence-corrected chi connectivity index (χ4v) is 3.26. The molecule has 30 heavy (non-hydrogen) atoms. The van der Waals surface area contributed by atoms with Gasteiger partial charge in [-0.05, 0) is 23.8 Å². The average molecular weight is 407 g/mol. The van der Waals surface area contributed by atoms with Crippen LogP contribution in [-0.2, 0) is 24.9 Å². The molecule has 152 valence electrons. The zero-order valence-corrected chi connectivity index (χ0v) is 16.1. The van der Waals surface area contributed by atoms with Gasteiger partial charge < -0.3 is 5.32 Å². The van der Waals surface area contributed by atoms with Gasteiger partial charge in [0.05, 0.1) is 12.1 Å². The summed E-state index contributed by atoms with van der Waals surface area (Å²) in [6.07, 6.45) is 1.51. The van der Waals surface area contributed by atoms with E-state index in [1.807, 2.05) is 18.2 Å². The molecular formula is C21H18FN5O3. The number of anilines is 1. The molecule has 0 aliphatic carbocycles. The van der Waals surface area contributed by atoms with Crippen molar-refractivity contribution in [3.05, 3.63) is 93.0 Å². The van der Waals surface area contributed by atoms with Gasteiger partial charge >= 0.3 is 5.69 Å². The van der Waals surface area contributed by atoms with E-state index in [9.17, 15) is 18.8 Å². The van der Waals surface area contributed by atoms with Gasteiger partial charge in [0.15, 0.2) is 5.52 Å². The van der Waals surface area contributed by atoms with Crippen molar-refractivity contribution in [3.8, 4) is 0 Å². The monoisotopic (exact) mass is 407 g/mol. The van der Waals surface area contributed by atoms with Gasteiger partial charge in [0.1, 0.15) is 12.4 Å². The summed E-state index contributed by atoms with van der Waals surface area (Å²) >= 11 is 0. The smallest absolute Gasteiger partial charge is 0.324 e. The second kappa shape index (κ2) is 7.78. The Morgan fingerprint density at radius 1 is 1.07 bits per heavy atom. The van der Waals surface area contributed by atoms with E-state index in [0.717, 1.165) is 10.1 Å². The van der Waals surface area contributed by atoms with Crippen LogP contribution in [0.3, 0.4) is 0 Å². The molecule has 4 rings (SSSR count). The third kappa shape index (κ3) is 3.77. The van der Waals surface area contributed by atoms with Crippen molar-refractivity contribution < 1.29 is 9.18 Å². The number of nitrogens with one attached hydrogen (secondary N) is 1. The van der Waals surface area contributed by atoms with E-state index in [4.69, 9.17) is 0 Å². The number of hydrogen-bond acceptors (Lipinski definition) is 4. The van der Waals surface area contributed by atoms with Crippen molar-refractivity contribution >= 4 is 22.6 Å². The number of rotatable bonds is 5. The van der Waals surface area contributed by atoms with Crippen LogP contribution >= 0.6 is 0 Å². The Labute approximate surface area is 169 Å². The number of hydrogen-bond donors (Lipinski definition) is 1. The van der Waals surface area contributed by atoms with Gasteiger partial charge in [-0.15, -0.1) is 0 Å². The maximum absolute atomic E-state index is 13.4. The first-order chi connectivity index (χ1) is 14.4. The van der Waals surface area contributed by atoms with E-state index in [2.05, 4.69) is 10.4 Å². The molecule has 0 unspecified atom stereocenters. The summed E-state index contributed by atoms with van der Waals surface area (Å²) in [6.45, 7) is -0.302. The number of carbonyl (C=O) groups excluding carboxylic acids is 1. The second-order valence-corrected chi connectivity index (χ2v) is 6.84. The maximum atomic E-state index is 13.4. The van der Waals surface area contributed by atoms with E-state index in [-0.39, 0.29) is 29.8 Å². The molecule has 2 heterocycles. The minimum Gasteiger partial charge on any atom is -0.324 e. The number of aryl methyl sites for hydroxylation is 1. The standard InChI is InChI=1S/C21H18FN5O3/c1-25-12-17-19(24-25)20(29)27(11-14-6-3-2-4-7-14)21(30)26(17)13-18(28)23-16-9-5-8-15(22)10-16/h2-10,12H,11,13H2,1H3,(H,23,28). The normalized spacial score (nSPS) is 11.0. The van der Waals surface area contributed by atoms with E-state index in [1.165, 1.54) is 33.6 Å². The predicted octanol–water partition coefficient (Wildman–Crippen LogP) is 1.72. The van der Waals surface area contributed by atoms with Crippen LogP contribution < -0.4 is 16.6 Å². The van der Waals surface area contributed by atoms with Crippen LogP contribution in [0, 0.1) is 5.82 Å². The molecule has 0 aliphatic rings. The lowest BCUT2D eigenvalue weighted by atomic mass is 10.2. The highest BCUT2D eigenvalue weighted by Crippen LogP contribution is 2.10. The second-order valence-electron chi connectivity index (χ2n) is 6.84. The van der Waals surface area contributed by atoms with Crippen molar-refractivity contribution in [2.75, 3.05) is 5.32 Å². The van der Waals surface area contributed by atoms with Crippen LogP contribution in [0.4, 0.5) is 10.1 Å². The summed E-state index contributed by atoms with van der Waals surface area (Å²) in [7, 11) is 1.63. The van der Waals surface area contributed by atoms with Crippen molar-refractivity contribution in [1.82, 2.24) is 18.9 Å². The Bertz CT molecular complexity index is 1350. The summed E-state index contributed by atoms with van der Waals surface area (Å²) in [5, 5.41) is 6.72. The maximum Gasteiger partial charge on any atom is 0.332 e. The lowest BCUT2D eigenvalue weighted by Crippen LogP contribution is -2.41. The van der Waals surface area contributed by atoms with Gasteiger partial charge in [-0.1, -0.05) is 36.4 Å². The molecule has 8 nitrogen and oxygen atoms in total. The third-order valence-corrected chi connectivity index (χ3v) is 4.60. The molecule has 0 fully saturated rings. The van der Waals surface area contributed by atoms with Gasteiger partial charge in [0, 0.05) is 18.9 Å². The minimum absolute atomic E-state index is 0.0521. The predicted molar refractivity (Wildman–Crippen MR) is 110 cm³/mol. The molecule has 2 aromatic heterocycles. The Kier molecular flexibility index (Phi) is 5.01. The van der Waals surface area contributed by atoms with Crippen LogP contribution in [0.25, 0.3) is 11.0 Å². The van der Waals surface area contributed by atoms with E-state index >= 15 is 0 Å². The number of aromatic nitrogens is 4. The van der Waals surface area contributed by atoms with E-state index < -0.39 is 23.0 Å². The molecule has 0 bridgehead atoms. The topological polar surface area (TPSA) is 90.9 Å². The van der Waals surface area contributed by atoms with Gasteiger partial charge in [0.25, 0.3) is 5.56 Å². The van der Waals surface area contributed by atoms with Crippen molar-refractivity contribution in [2.45, 2.75) is 13.1 Å². The molecule has 1 amide bonds. The Balaban J connectivity index is 1.75. The number of fused-ring (bicyclic) bond motifs is 1. The molecule has 0 spiro atoms. The quantitative estimate of drug-likeness (QED) is 0.545. The SMILES string of the molecule is Cn1cc2c(n1)c(=O)n(Cc1ccccc1)c(=O)n2CC(=O)Nc1cccc(F)c1. The summed E-state index contributed by atoms with van der Waals surface area (Å²) in [6, 6.07) is 14.5. The molecule has 0 saturated heterocycles. The summed E-state index contributed by atoms with van der Waals surface area (Å²) in [5.41, 5.74) is 0.230. The van der Waals surface area contributed by atoms with E-state index in [0.29, 0.717) is 0 Å². The van der Waals surface area contributed by atoms with Gasteiger partial charge in [-0.25, -0.2) is 9.18 Å². The number of benzene rings is 2. The molecule has 2 aromatic carbocycles. The van der Waals surface area contributed by atoms with Crippen molar-refractivity contribution in [2.24, 2.45) is 7.05 Å². The van der Waals surface area contributed by atoms with Crippen molar-refractivity contribution in [1.29, 1.82) is 0 Å². The molecule has 0 saturated carbocycles. The average Bonchev–Trinajstić information content (AvgIpc) is 3.11. The first kappa shape index (κ1) is 19.3. The number of nitrogens with zero attached hydrogens (tertiary/aromatic N) is 4. The molecular weight excluding hydrogens is 389 g/mol. The molecule has 0 atom stereocenters. The molecule has 1 N–H and O–H groups in total. The van der Waals surface area contributed by atoms with Crippen LogP contribution in [0.5, 0.6) is 0 Å². The minimum atomic E-state index is -0.626. The number of carbonyl (C=O) groups is 1. The van der Waals surface area contributed by atoms with Crippen LogP contribution in [0.1, 0.15) is 5.56 Å². The lowest BCUT2D eigenvalue weighted by molar-refractivity contribution is -0.116. The summed E-state index contributed by atoms with van der Waals surface area (Å²) in [4.78, 5) is 38.5. The highest BCUT2D eigenvalue weighted by molar-refractivity contribution is 5.91. The summed E-state index contributed by atoms with van der Waals surface area (Å²) < 4.78 is 17.0. The van der Waals surface area contributed by atoms with E-state index in [1.54, 1.807) is 25.2 Å². The third-order valence-electron chi connectivity index (χ3n) is 4.60. The molecule has 0 aliphatic heterocycles. The first-order valence-electron chi connectivity index (χ1n) is 9.19. The fourth-order valence-electron chi connectivity index (χ4n) is 3.26. The van der Waals surface area contributed by atoms with Crippen LogP contribution in [-0.4, -0.2) is 24.8 Å². The van der Waals surface area contributed by atoms with Gasteiger partial charge in [0.2, 0.25) is 5.91 Å². The number of amides is 1. The zero-order valence-electron chi connectivity index (χ0n) is 16.1. The Hall–Kier alpha value is -4.01. The highest BCUT2D eigenvalue weighted by atomic mass is 19.1. The molecule has 0 radical (unpaired) electrons. The zero-order chi connectivity index (χ0) is 21.3. The number of halogens is 1. The Morgan fingerprint density at radius 2 is 1.83 bits per heavy atom. The van der Waals surface area contributed by atoms with Gasteiger partial charge in [-0.3, -0.25) is 23.4 Å². The highest BCUT2D eigenvalue weighted by Gasteiger charge is 2.18. The Morgan fingerprint density at radius 3 is 2.57 bits per heavy atom. The van der Waals surface area contributed by atoms with Gasteiger partial charge in [-0.2, -0.15) is 5.10 Å². The van der Waals surface area contributed by atoms with Crippen LogP contribution in [0.2, 0.25) is 0 Å². The first-order valence-corrected chi connectivity index (χ1v) is 9.19. The fraction of sp³-hybridized carbons (Fsp3) is 0.143. The summed E-state index contributed by atoms with van der Waals surface area (Å²) in [5.74, 6) is -1.02. The molecule has 4 aromatic rings. The molecule has 9 heteroatoms. The van der Waals surface area contributed by atoms with Crippen molar-refractivity contribution in [3.63, 3.8) is 0 Å². The lowest BCUT2D eigenvalue weighted by Gasteiger charge is -2.12. The van der Waals surface area contributed by atoms with Crippen LogP contribution in [0.15, 0.2) is 70.4 Å².